The Hall–Kier alpha value is -3.69. The monoisotopic (exact) mass is 499 g/mol. The third-order valence-corrected chi connectivity index (χ3v) is 7.38. The highest BCUT2D eigenvalue weighted by Gasteiger charge is 2.52. The first-order chi connectivity index (χ1) is 17.6. The molecule has 1 aromatic heterocycles. The standard InChI is InChI=1S/C28H30BN3O5/c1-27(2)28(3,4)37-29(36-27)19(13-18-14-30-25(33)31-15-18)16-32-26(34)35-17-24-22-11-7-5-9-20(22)21-10-6-8-12-23(21)24/h5-15,24H,16-17H2,1-4H3,(H,32,34)(H,30,31,33). The number of hydrogen-bond donors (Lipinski definition) is 2. The van der Waals surface area contributed by atoms with Gasteiger partial charge in [0.25, 0.3) is 0 Å². The molecule has 0 bridgehead atoms. The Morgan fingerprint density at radius 1 is 1.05 bits per heavy atom. The van der Waals surface area contributed by atoms with Crippen LogP contribution in [-0.4, -0.2) is 47.5 Å². The van der Waals surface area contributed by atoms with Crippen molar-refractivity contribution in [3.63, 3.8) is 0 Å². The number of hydrogen-bond acceptors (Lipinski definition) is 6. The molecular weight excluding hydrogens is 469 g/mol. The van der Waals surface area contributed by atoms with Gasteiger partial charge in [0.15, 0.2) is 0 Å². The van der Waals surface area contributed by atoms with Gasteiger partial charge in [0.05, 0.1) is 11.2 Å². The number of amides is 1. The van der Waals surface area contributed by atoms with Crippen molar-refractivity contribution in [2.45, 2.75) is 44.8 Å². The molecule has 1 fully saturated rings. The number of nitrogens with zero attached hydrogens (tertiary/aromatic N) is 1. The largest absolute Gasteiger partial charge is 0.492 e. The van der Waals surface area contributed by atoms with Gasteiger partial charge in [0, 0.05) is 30.4 Å². The van der Waals surface area contributed by atoms with Gasteiger partial charge in [0.1, 0.15) is 6.61 Å². The minimum Gasteiger partial charge on any atom is -0.449 e. The van der Waals surface area contributed by atoms with Crippen molar-refractivity contribution in [3.05, 3.63) is 93.6 Å². The topological polar surface area (TPSA) is 103 Å². The van der Waals surface area contributed by atoms with Crippen LogP contribution in [0.15, 0.2) is 71.2 Å². The maximum atomic E-state index is 12.8. The predicted octanol–water partition coefficient (Wildman–Crippen LogP) is 4.32. The van der Waals surface area contributed by atoms with Crippen LogP contribution in [0.3, 0.4) is 0 Å². The van der Waals surface area contributed by atoms with E-state index in [1.54, 1.807) is 12.3 Å². The SMILES string of the molecule is CC1(C)OB(C(=Cc2cnc(=O)[nH]c2)CNC(=O)OCC2c3ccccc3-c3ccccc32)OC1(C)C. The van der Waals surface area contributed by atoms with Crippen molar-refractivity contribution in [3.8, 4) is 11.1 Å². The zero-order chi connectivity index (χ0) is 26.2. The molecule has 0 atom stereocenters. The minimum absolute atomic E-state index is 0.0246. The molecule has 5 rings (SSSR count). The average molecular weight is 499 g/mol. The van der Waals surface area contributed by atoms with Gasteiger partial charge in [-0.25, -0.2) is 14.6 Å². The number of benzene rings is 2. The summed E-state index contributed by atoms with van der Waals surface area (Å²) in [6.07, 6.45) is 4.25. The van der Waals surface area contributed by atoms with Crippen LogP contribution < -0.4 is 11.0 Å². The van der Waals surface area contributed by atoms with Crippen molar-refractivity contribution < 1.29 is 18.8 Å². The number of carbonyl (C=O) groups is 1. The molecule has 2 heterocycles. The number of nitrogens with one attached hydrogen (secondary N) is 2. The van der Waals surface area contributed by atoms with E-state index in [0.717, 1.165) is 11.1 Å². The van der Waals surface area contributed by atoms with Gasteiger partial charge < -0.3 is 24.3 Å². The zero-order valence-electron chi connectivity index (χ0n) is 21.4. The summed E-state index contributed by atoms with van der Waals surface area (Å²) in [4.78, 5) is 30.5. The second-order valence-corrected chi connectivity index (χ2v) is 10.3. The van der Waals surface area contributed by atoms with E-state index in [-0.39, 0.29) is 19.1 Å². The maximum Gasteiger partial charge on any atom is 0.492 e. The number of rotatable bonds is 6. The third kappa shape index (κ3) is 4.97. The van der Waals surface area contributed by atoms with E-state index in [1.807, 2.05) is 52.0 Å². The molecule has 0 saturated carbocycles. The molecule has 0 spiro atoms. The van der Waals surface area contributed by atoms with Crippen LogP contribution in [0.5, 0.6) is 0 Å². The van der Waals surface area contributed by atoms with Gasteiger partial charge in [0.2, 0.25) is 0 Å². The van der Waals surface area contributed by atoms with Gasteiger partial charge in [-0.3, -0.25) is 0 Å². The van der Waals surface area contributed by atoms with E-state index in [2.05, 4.69) is 39.6 Å². The van der Waals surface area contributed by atoms with Crippen molar-refractivity contribution in [1.82, 2.24) is 15.3 Å². The fourth-order valence-electron chi connectivity index (χ4n) is 4.67. The fraction of sp³-hybridized carbons (Fsp3) is 0.321. The predicted molar refractivity (Wildman–Crippen MR) is 142 cm³/mol. The molecule has 190 valence electrons. The lowest BCUT2D eigenvalue weighted by atomic mass is 9.77. The van der Waals surface area contributed by atoms with E-state index in [1.165, 1.54) is 17.3 Å². The molecule has 2 N–H and O–H groups in total. The van der Waals surface area contributed by atoms with Crippen LogP contribution in [-0.2, 0) is 14.0 Å². The van der Waals surface area contributed by atoms with Crippen molar-refractivity contribution in [1.29, 1.82) is 0 Å². The van der Waals surface area contributed by atoms with Crippen molar-refractivity contribution >= 4 is 19.3 Å². The summed E-state index contributed by atoms with van der Waals surface area (Å²) in [6.45, 7) is 8.21. The lowest BCUT2D eigenvalue weighted by Gasteiger charge is -2.32. The van der Waals surface area contributed by atoms with Crippen LogP contribution in [0.25, 0.3) is 17.2 Å². The molecule has 0 unspecified atom stereocenters. The van der Waals surface area contributed by atoms with Gasteiger partial charge in [-0.15, -0.1) is 0 Å². The fourth-order valence-corrected chi connectivity index (χ4v) is 4.67. The van der Waals surface area contributed by atoms with E-state index < -0.39 is 30.1 Å². The molecule has 37 heavy (non-hydrogen) atoms. The van der Waals surface area contributed by atoms with Crippen LogP contribution in [0.2, 0.25) is 0 Å². The van der Waals surface area contributed by atoms with Gasteiger partial charge in [-0.1, -0.05) is 54.6 Å². The molecular formula is C28H30BN3O5. The maximum absolute atomic E-state index is 12.8. The quantitative estimate of drug-likeness (QED) is 0.490. The Balaban J connectivity index is 1.29. The highest BCUT2D eigenvalue weighted by Crippen LogP contribution is 2.44. The molecule has 1 aliphatic heterocycles. The lowest BCUT2D eigenvalue weighted by molar-refractivity contribution is 0.00578. The number of fused-ring (bicyclic) bond motifs is 3. The molecule has 9 heteroatoms. The number of ether oxygens (including phenoxy) is 1. The molecule has 1 saturated heterocycles. The first kappa shape index (κ1) is 25.0. The van der Waals surface area contributed by atoms with Gasteiger partial charge >= 0.3 is 18.9 Å². The first-order valence-electron chi connectivity index (χ1n) is 12.3. The molecule has 1 amide bonds. The number of aromatic nitrogens is 2. The smallest absolute Gasteiger partial charge is 0.449 e. The summed E-state index contributed by atoms with van der Waals surface area (Å²) in [5, 5.41) is 2.84. The summed E-state index contributed by atoms with van der Waals surface area (Å²) < 4.78 is 18.1. The Morgan fingerprint density at radius 2 is 1.65 bits per heavy atom. The summed E-state index contributed by atoms with van der Waals surface area (Å²) >= 11 is 0. The first-order valence-corrected chi connectivity index (χ1v) is 12.3. The highest BCUT2D eigenvalue weighted by molar-refractivity contribution is 6.56. The lowest BCUT2D eigenvalue weighted by Crippen LogP contribution is -2.41. The number of H-pyrrole nitrogens is 1. The molecule has 3 aromatic rings. The van der Waals surface area contributed by atoms with E-state index in [9.17, 15) is 9.59 Å². The number of aromatic amines is 1. The van der Waals surface area contributed by atoms with Crippen LogP contribution in [0.4, 0.5) is 4.79 Å². The Bertz CT molecular complexity index is 1330. The Kier molecular flexibility index (Phi) is 6.51. The molecule has 2 aliphatic rings. The normalized spacial score (nSPS) is 17.8. The van der Waals surface area contributed by atoms with Crippen LogP contribution in [0.1, 0.15) is 50.3 Å². The summed E-state index contributed by atoms with van der Waals surface area (Å²) in [5.41, 5.74) is 4.43. The highest BCUT2D eigenvalue weighted by atomic mass is 16.7. The Morgan fingerprint density at radius 3 is 2.22 bits per heavy atom. The van der Waals surface area contributed by atoms with Crippen LogP contribution in [0, 0.1) is 0 Å². The van der Waals surface area contributed by atoms with E-state index in [0.29, 0.717) is 11.0 Å². The number of carbonyl (C=O) groups excluding carboxylic acids is 1. The van der Waals surface area contributed by atoms with Crippen molar-refractivity contribution in [2.24, 2.45) is 0 Å². The van der Waals surface area contributed by atoms with Gasteiger partial charge in [-0.2, -0.15) is 0 Å². The molecule has 8 nitrogen and oxygen atoms in total. The van der Waals surface area contributed by atoms with Crippen molar-refractivity contribution in [2.75, 3.05) is 13.2 Å². The summed E-state index contributed by atoms with van der Waals surface area (Å²) in [6, 6.07) is 16.4. The summed E-state index contributed by atoms with van der Waals surface area (Å²) in [5.74, 6) is -0.0246. The third-order valence-electron chi connectivity index (χ3n) is 7.38. The second-order valence-electron chi connectivity index (χ2n) is 10.3. The molecule has 0 radical (unpaired) electrons. The average Bonchev–Trinajstić information content (AvgIpc) is 3.30. The van der Waals surface area contributed by atoms with Crippen LogP contribution >= 0.6 is 0 Å². The zero-order valence-corrected chi connectivity index (χ0v) is 21.4. The second kappa shape index (κ2) is 9.65. The minimum atomic E-state index is -0.689. The number of alkyl carbamates (subject to hydrolysis) is 1. The molecule has 1 aliphatic carbocycles. The van der Waals surface area contributed by atoms with Gasteiger partial charge in [-0.05, 0) is 55.4 Å². The molecule has 2 aromatic carbocycles. The summed E-state index contributed by atoms with van der Waals surface area (Å²) in [7, 11) is -0.689. The van der Waals surface area contributed by atoms with E-state index >= 15 is 0 Å². The van der Waals surface area contributed by atoms with E-state index in [4.69, 9.17) is 14.0 Å². The Labute approximate surface area is 216 Å².